The number of alkyl carbamates (subject to hydrolysis) is 1. The summed E-state index contributed by atoms with van der Waals surface area (Å²) in [5, 5.41) is 15.0. The van der Waals surface area contributed by atoms with Gasteiger partial charge in [-0.15, -0.1) is 0 Å². The third-order valence-corrected chi connectivity index (χ3v) is 5.52. The lowest BCUT2D eigenvalue weighted by Crippen LogP contribution is -2.54. The summed E-state index contributed by atoms with van der Waals surface area (Å²) >= 11 is 0. The lowest BCUT2D eigenvalue weighted by Gasteiger charge is -2.34. The zero-order chi connectivity index (χ0) is 29.8. The van der Waals surface area contributed by atoms with Gasteiger partial charge in [-0.2, -0.15) is 0 Å². The van der Waals surface area contributed by atoms with Crippen LogP contribution in [-0.4, -0.2) is 77.7 Å². The van der Waals surface area contributed by atoms with Gasteiger partial charge in [0.1, 0.15) is 17.7 Å². The van der Waals surface area contributed by atoms with E-state index in [1.54, 1.807) is 46.8 Å². The highest BCUT2D eigenvalue weighted by Gasteiger charge is 2.36. The van der Waals surface area contributed by atoms with Gasteiger partial charge >= 0.3 is 12.1 Å². The third kappa shape index (κ3) is 11.7. The summed E-state index contributed by atoms with van der Waals surface area (Å²) in [5.74, 6) is -2.49. The number of nitrogens with one attached hydrogen (secondary N) is 2. The number of aliphatic hydroxyl groups excluding tert-OH is 1. The maximum atomic E-state index is 13.9. The molecule has 39 heavy (non-hydrogen) atoms. The summed E-state index contributed by atoms with van der Waals surface area (Å²) in [5.41, 5.74) is 6.47. The zero-order valence-corrected chi connectivity index (χ0v) is 23.7. The molecule has 0 spiro atoms. The Hall–Kier alpha value is -3.67. The first-order valence-electron chi connectivity index (χ1n) is 12.9. The van der Waals surface area contributed by atoms with Crippen LogP contribution in [0.15, 0.2) is 18.2 Å². The van der Waals surface area contributed by atoms with Gasteiger partial charge in [-0.3, -0.25) is 19.2 Å². The van der Waals surface area contributed by atoms with E-state index in [2.05, 4.69) is 10.6 Å². The van der Waals surface area contributed by atoms with E-state index in [1.165, 1.54) is 0 Å². The number of aryl methyl sites for hydroxylation is 2. The summed E-state index contributed by atoms with van der Waals surface area (Å²) < 4.78 is 10.2. The summed E-state index contributed by atoms with van der Waals surface area (Å²) in [7, 11) is 0. The minimum atomic E-state index is -1.28. The van der Waals surface area contributed by atoms with Gasteiger partial charge in [-0.25, -0.2) is 4.79 Å². The van der Waals surface area contributed by atoms with Crippen molar-refractivity contribution in [1.29, 1.82) is 0 Å². The van der Waals surface area contributed by atoms with Crippen molar-refractivity contribution in [3.8, 4) is 0 Å². The van der Waals surface area contributed by atoms with Crippen molar-refractivity contribution in [3.63, 3.8) is 0 Å². The molecule has 0 saturated carbocycles. The maximum absolute atomic E-state index is 13.9. The van der Waals surface area contributed by atoms with Crippen LogP contribution in [0.25, 0.3) is 0 Å². The molecule has 1 aromatic rings. The fourth-order valence-electron chi connectivity index (χ4n) is 3.79. The highest BCUT2D eigenvalue weighted by atomic mass is 16.6. The van der Waals surface area contributed by atoms with E-state index in [0.717, 1.165) is 10.5 Å². The Morgan fingerprint density at radius 1 is 1.10 bits per heavy atom. The van der Waals surface area contributed by atoms with Gasteiger partial charge in [0.15, 0.2) is 0 Å². The van der Waals surface area contributed by atoms with Crippen molar-refractivity contribution in [2.24, 2.45) is 5.73 Å². The Labute approximate surface area is 229 Å². The van der Waals surface area contributed by atoms with Crippen LogP contribution in [0, 0.1) is 13.8 Å². The largest absolute Gasteiger partial charge is 0.466 e. The minimum absolute atomic E-state index is 0.0402. The first kappa shape index (κ1) is 33.4. The number of ether oxygens (including phenoxy) is 2. The molecule has 0 aliphatic heterocycles. The van der Waals surface area contributed by atoms with Crippen molar-refractivity contribution in [1.82, 2.24) is 15.5 Å². The smallest absolute Gasteiger partial charge is 0.408 e. The van der Waals surface area contributed by atoms with Crippen LogP contribution in [0.2, 0.25) is 0 Å². The molecule has 0 bridgehead atoms. The molecule has 218 valence electrons. The van der Waals surface area contributed by atoms with Crippen molar-refractivity contribution in [2.75, 3.05) is 26.3 Å². The zero-order valence-electron chi connectivity index (χ0n) is 23.7. The molecule has 0 heterocycles. The van der Waals surface area contributed by atoms with Crippen molar-refractivity contribution < 1.29 is 38.6 Å². The number of rotatable bonds is 14. The van der Waals surface area contributed by atoms with Gasteiger partial charge in [0.05, 0.1) is 19.6 Å². The molecular weight excluding hydrogens is 508 g/mol. The Morgan fingerprint density at radius 2 is 1.77 bits per heavy atom. The molecule has 5 N–H and O–H groups in total. The fraction of sp³-hybridized carbons (Fsp3) is 0.593. The molecule has 1 rings (SSSR count). The van der Waals surface area contributed by atoms with Gasteiger partial charge in [-0.1, -0.05) is 23.8 Å². The van der Waals surface area contributed by atoms with E-state index >= 15 is 0 Å². The van der Waals surface area contributed by atoms with Crippen molar-refractivity contribution >= 4 is 29.8 Å². The van der Waals surface area contributed by atoms with Crippen LogP contribution < -0.4 is 16.4 Å². The van der Waals surface area contributed by atoms with E-state index in [1.807, 2.05) is 13.0 Å². The maximum Gasteiger partial charge on any atom is 0.408 e. The lowest BCUT2D eigenvalue weighted by atomic mass is 9.95. The fourth-order valence-corrected chi connectivity index (χ4v) is 3.79. The van der Waals surface area contributed by atoms with E-state index in [4.69, 9.17) is 15.2 Å². The number of carbonyl (C=O) groups excluding carboxylic acids is 5. The van der Waals surface area contributed by atoms with Crippen LogP contribution in [0.5, 0.6) is 0 Å². The predicted octanol–water partition coefficient (Wildman–Crippen LogP) is 1.39. The number of hydrogen-bond acceptors (Lipinski definition) is 8. The second kappa shape index (κ2) is 15.7. The number of aliphatic hydroxyl groups is 1. The molecule has 2 atom stereocenters. The number of primary amides is 1. The number of benzene rings is 1. The molecule has 2 unspecified atom stereocenters. The van der Waals surface area contributed by atoms with Gasteiger partial charge < -0.3 is 35.8 Å². The van der Waals surface area contributed by atoms with Crippen LogP contribution in [0.1, 0.15) is 69.7 Å². The normalized spacial score (nSPS) is 12.6. The molecule has 0 saturated heterocycles. The topological polar surface area (TPSA) is 177 Å². The van der Waals surface area contributed by atoms with Gasteiger partial charge in [0.25, 0.3) is 0 Å². The number of hydrogen-bond donors (Lipinski definition) is 4. The second-order valence-electron chi connectivity index (χ2n) is 10.1. The number of amides is 4. The second-order valence-corrected chi connectivity index (χ2v) is 10.1. The molecule has 0 aromatic heterocycles. The number of nitrogens with two attached hydrogens (primary N) is 1. The molecule has 0 radical (unpaired) electrons. The average molecular weight is 551 g/mol. The molecule has 4 amide bonds. The van der Waals surface area contributed by atoms with Crippen LogP contribution >= 0.6 is 0 Å². The number of carbonyl (C=O) groups is 5. The van der Waals surface area contributed by atoms with Crippen LogP contribution in [0.4, 0.5) is 4.79 Å². The SMILES string of the molecule is CCOC(=O)CCNC(=O)C(c1cc(C)ccc1C)N(CCO)C(=O)C(CCC(N)=O)NC(=O)OC(C)(C)C. The summed E-state index contributed by atoms with van der Waals surface area (Å²) in [6.45, 7) is 9.66. The van der Waals surface area contributed by atoms with E-state index < -0.39 is 54.1 Å². The standard InChI is InChI=1S/C27H42N4O8/c1-7-38-22(34)12-13-29-24(35)23(19-16-17(2)8-9-18(19)3)31(14-15-32)25(36)20(10-11-21(28)33)30-26(37)39-27(4,5)6/h8-9,16,20,23,32H,7,10-15H2,1-6H3,(H2,28,33)(H,29,35)(H,30,37). The van der Waals surface area contributed by atoms with E-state index in [0.29, 0.717) is 11.1 Å². The quantitative estimate of drug-likeness (QED) is 0.251. The first-order valence-corrected chi connectivity index (χ1v) is 12.9. The molecule has 0 aliphatic carbocycles. The molecule has 0 fully saturated rings. The molecule has 12 nitrogen and oxygen atoms in total. The van der Waals surface area contributed by atoms with E-state index in [-0.39, 0.29) is 39.0 Å². The highest BCUT2D eigenvalue weighted by Crippen LogP contribution is 2.27. The van der Waals surface area contributed by atoms with Gasteiger partial charge in [-0.05, 0) is 59.1 Å². The molecule has 12 heteroatoms. The third-order valence-electron chi connectivity index (χ3n) is 5.52. The Balaban J connectivity index is 3.45. The number of nitrogens with zero attached hydrogens (tertiary/aromatic N) is 1. The van der Waals surface area contributed by atoms with Gasteiger partial charge in [0, 0.05) is 19.5 Å². The van der Waals surface area contributed by atoms with Gasteiger partial charge in [0.2, 0.25) is 17.7 Å². The lowest BCUT2D eigenvalue weighted by molar-refractivity contribution is -0.144. The molecule has 0 aliphatic rings. The summed E-state index contributed by atoms with van der Waals surface area (Å²) in [4.78, 5) is 64.4. The van der Waals surface area contributed by atoms with Crippen LogP contribution in [-0.2, 0) is 28.7 Å². The van der Waals surface area contributed by atoms with E-state index in [9.17, 15) is 29.1 Å². The molecule has 1 aromatic carbocycles. The summed E-state index contributed by atoms with van der Waals surface area (Å²) in [6, 6.07) is 2.91. The molecular formula is C27H42N4O8. The Bertz CT molecular complexity index is 1020. The first-order chi connectivity index (χ1) is 18.2. The average Bonchev–Trinajstić information content (AvgIpc) is 2.82. The van der Waals surface area contributed by atoms with Crippen LogP contribution in [0.3, 0.4) is 0 Å². The monoisotopic (exact) mass is 550 g/mol. The summed E-state index contributed by atoms with van der Waals surface area (Å²) in [6.07, 6.45) is -1.34. The number of esters is 1. The Morgan fingerprint density at radius 3 is 2.33 bits per heavy atom. The minimum Gasteiger partial charge on any atom is -0.466 e. The van der Waals surface area contributed by atoms with Crippen molar-refractivity contribution in [3.05, 3.63) is 34.9 Å². The van der Waals surface area contributed by atoms with Crippen molar-refractivity contribution in [2.45, 2.75) is 78.5 Å². The highest BCUT2D eigenvalue weighted by molar-refractivity contribution is 5.92. The predicted molar refractivity (Wildman–Crippen MR) is 143 cm³/mol. The Kier molecular flexibility index (Phi) is 13.4.